The topological polar surface area (TPSA) is 35.6 Å². The summed E-state index contributed by atoms with van der Waals surface area (Å²) in [5.41, 5.74) is 2.22. The van der Waals surface area contributed by atoms with Gasteiger partial charge in [-0.15, -0.1) is 0 Å². The van der Waals surface area contributed by atoms with Crippen molar-refractivity contribution < 1.29 is 4.79 Å². The number of piperazine rings is 1. The number of benzene rings is 1. The van der Waals surface area contributed by atoms with Gasteiger partial charge in [0.25, 0.3) is 0 Å². The van der Waals surface area contributed by atoms with Crippen molar-refractivity contribution in [2.24, 2.45) is 0 Å². The molecule has 0 bridgehead atoms. The van der Waals surface area contributed by atoms with E-state index in [1.54, 1.807) is 4.90 Å². The van der Waals surface area contributed by atoms with Gasteiger partial charge in [0, 0.05) is 37.4 Å². The Morgan fingerprint density at radius 2 is 2.17 bits per heavy atom. The number of rotatable bonds is 3. The highest BCUT2D eigenvalue weighted by Crippen LogP contribution is 2.25. The summed E-state index contributed by atoms with van der Waals surface area (Å²) in [4.78, 5) is 15.6. The second kappa shape index (κ2) is 5.59. The van der Waals surface area contributed by atoms with E-state index >= 15 is 0 Å². The molecular formula is C13H18ClN3O. The summed E-state index contributed by atoms with van der Waals surface area (Å²) in [6.07, 6.45) is 0. The first-order valence-corrected chi connectivity index (χ1v) is 6.41. The molecule has 1 aliphatic rings. The third-order valence-electron chi connectivity index (χ3n) is 3.21. The first kappa shape index (κ1) is 13.2. The zero-order chi connectivity index (χ0) is 13.1. The monoisotopic (exact) mass is 267 g/mol. The predicted octanol–water partition coefficient (Wildman–Crippen LogP) is 1.34. The van der Waals surface area contributed by atoms with Crippen LogP contribution in [-0.2, 0) is 11.3 Å². The molecule has 1 fully saturated rings. The van der Waals surface area contributed by atoms with Gasteiger partial charge in [-0.25, -0.2) is 0 Å². The molecule has 1 aliphatic heterocycles. The molecule has 0 aromatic heterocycles. The lowest BCUT2D eigenvalue weighted by Gasteiger charge is -2.34. The first-order chi connectivity index (χ1) is 8.61. The fourth-order valence-electron chi connectivity index (χ4n) is 2.16. The molecule has 0 radical (unpaired) electrons. The van der Waals surface area contributed by atoms with Crippen LogP contribution >= 0.6 is 11.6 Å². The average molecular weight is 268 g/mol. The molecule has 1 aromatic carbocycles. The minimum atomic E-state index is 0.159. The third kappa shape index (κ3) is 2.76. The summed E-state index contributed by atoms with van der Waals surface area (Å²) in [5.74, 6) is 0.159. The number of carbonyl (C=O) groups excluding carboxylic acids is 1. The number of anilines is 1. The molecule has 1 saturated heterocycles. The van der Waals surface area contributed by atoms with Gasteiger partial charge < -0.3 is 15.1 Å². The summed E-state index contributed by atoms with van der Waals surface area (Å²) >= 11 is 6.02. The Morgan fingerprint density at radius 1 is 1.39 bits per heavy atom. The van der Waals surface area contributed by atoms with Gasteiger partial charge in [0.2, 0.25) is 5.91 Å². The van der Waals surface area contributed by atoms with Crippen LogP contribution in [0.2, 0.25) is 5.02 Å². The van der Waals surface area contributed by atoms with Gasteiger partial charge >= 0.3 is 0 Å². The molecule has 5 heteroatoms. The fraction of sp³-hybridized carbons (Fsp3) is 0.462. The maximum atomic E-state index is 11.8. The normalized spacial score (nSPS) is 16.3. The minimum Gasteiger partial charge on any atom is -0.360 e. The molecule has 0 saturated carbocycles. The van der Waals surface area contributed by atoms with E-state index in [1.807, 2.05) is 32.3 Å². The van der Waals surface area contributed by atoms with Gasteiger partial charge in [0.15, 0.2) is 0 Å². The van der Waals surface area contributed by atoms with E-state index in [1.165, 1.54) is 0 Å². The number of amides is 1. The second-order valence-electron chi connectivity index (χ2n) is 4.54. The summed E-state index contributed by atoms with van der Waals surface area (Å²) in [6, 6.07) is 5.82. The largest absolute Gasteiger partial charge is 0.360 e. The number of nitrogens with one attached hydrogen (secondary N) is 1. The van der Waals surface area contributed by atoms with Crippen LogP contribution < -0.4 is 10.2 Å². The fourth-order valence-corrected chi connectivity index (χ4v) is 2.35. The molecule has 1 amide bonds. The average Bonchev–Trinajstić information content (AvgIpc) is 2.34. The second-order valence-corrected chi connectivity index (χ2v) is 4.98. The van der Waals surface area contributed by atoms with E-state index < -0.39 is 0 Å². The Kier molecular flexibility index (Phi) is 4.09. The van der Waals surface area contributed by atoms with E-state index in [0.29, 0.717) is 6.54 Å². The highest BCUT2D eigenvalue weighted by Gasteiger charge is 2.22. The number of hydrogen-bond donors (Lipinski definition) is 1. The maximum Gasteiger partial charge on any atom is 0.241 e. The highest BCUT2D eigenvalue weighted by molar-refractivity contribution is 6.30. The molecule has 0 unspecified atom stereocenters. The molecule has 0 spiro atoms. The van der Waals surface area contributed by atoms with Crippen LogP contribution in [0.15, 0.2) is 18.2 Å². The minimum absolute atomic E-state index is 0.159. The maximum absolute atomic E-state index is 11.8. The lowest BCUT2D eigenvalue weighted by molar-refractivity contribution is -0.129. The van der Waals surface area contributed by atoms with Gasteiger partial charge in [-0.05, 0) is 30.8 Å². The zero-order valence-electron chi connectivity index (χ0n) is 10.7. The van der Waals surface area contributed by atoms with E-state index in [-0.39, 0.29) is 5.91 Å². The Hall–Kier alpha value is -1.26. The van der Waals surface area contributed by atoms with Crippen molar-refractivity contribution in [3.63, 3.8) is 0 Å². The molecule has 1 aromatic rings. The van der Waals surface area contributed by atoms with Gasteiger partial charge in [-0.3, -0.25) is 4.79 Å². The smallest absolute Gasteiger partial charge is 0.241 e. The van der Waals surface area contributed by atoms with Crippen molar-refractivity contribution >= 4 is 23.2 Å². The number of carbonyl (C=O) groups is 1. The third-order valence-corrected chi connectivity index (χ3v) is 3.44. The highest BCUT2D eigenvalue weighted by atomic mass is 35.5. The van der Waals surface area contributed by atoms with E-state index in [0.717, 1.165) is 35.9 Å². The number of likely N-dealkylation sites (N-methyl/N-ethyl adjacent to an activating group) is 1. The van der Waals surface area contributed by atoms with Crippen molar-refractivity contribution in [3.05, 3.63) is 28.8 Å². The van der Waals surface area contributed by atoms with E-state index in [9.17, 15) is 4.79 Å². The lowest BCUT2D eigenvalue weighted by atomic mass is 10.1. The van der Waals surface area contributed by atoms with Gasteiger partial charge in [0.05, 0.1) is 6.54 Å². The summed E-state index contributed by atoms with van der Waals surface area (Å²) in [6.45, 7) is 2.81. The molecule has 0 aliphatic carbocycles. The molecule has 1 heterocycles. The zero-order valence-corrected chi connectivity index (χ0v) is 11.5. The number of halogens is 1. The van der Waals surface area contributed by atoms with Crippen LogP contribution in [-0.4, -0.2) is 44.5 Å². The molecular weight excluding hydrogens is 250 g/mol. The lowest BCUT2D eigenvalue weighted by Crippen LogP contribution is -2.48. The standard InChI is InChI=1S/C13H18ClN3O/c1-15-8-10-7-11(14)3-4-12(10)17-6-5-16(2)13(18)9-17/h3-4,7,15H,5-6,8-9H2,1-2H3. The molecule has 0 atom stereocenters. The Bertz CT molecular complexity index is 450. The van der Waals surface area contributed by atoms with Gasteiger partial charge in [0.1, 0.15) is 0 Å². The van der Waals surface area contributed by atoms with Crippen LogP contribution in [0.4, 0.5) is 5.69 Å². The Morgan fingerprint density at radius 3 is 2.83 bits per heavy atom. The summed E-state index contributed by atoms with van der Waals surface area (Å²) < 4.78 is 0. The SMILES string of the molecule is CNCc1cc(Cl)ccc1N1CCN(C)C(=O)C1. The summed E-state index contributed by atoms with van der Waals surface area (Å²) in [7, 11) is 3.75. The van der Waals surface area contributed by atoms with Crippen LogP contribution in [0.3, 0.4) is 0 Å². The van der Waals surface area contributed by atoms with Gasteiger partial charge in [-0.2, -0.15) is 0 Å². The summed E-state index contributed by atoms with van der Waals surface area (Å²) in [5, 5.41) is 3.86. The van der Waals surface area contributed by atoms with Gasteiger partial charge in [-0.1, -0.05) is 11.6 Å². The van der Waals surface area contributed by atoms with Crippen molar-refractivity contribution in [1.29, 1.82) is 0 Å². The first-order valence-electron chi connectivity index (χ1n) is 6.03. The molecule has 1 N–H and O–H groups in total. The molecule has 98 valence electrons. The predicted molar refractivity (Wildman–Crippen MR) is 74.1 cm³/mol. The van der Waals surface area contributed by atoms with Crippen LogP contribution in [0.5, 0.6) is 0 Å². The van der Waals surface area contributed by atoms with Crippen LogP contribution in [0.25, 0.3) is 0 Å². The Labute approximate surface area is 113 Å². The number of hydrogen-bond acceptors (Lipinski definition) is 3. The Balaban J connectivity index is 2.24. The molecule has 18 heavy (non-hydrogen) atoms. The molecule has 2 rings (SSSR count). The van der Waals surface area contributed by atoms with Crippen molar-refractivity contribution in [2.45, 2.75) is 6.54 Å². The van der Waals surface area contributed by atoms with Crippen LogP contribution in [0.1, 0.15) is 5.56 Å². The molecule has 4 nitrogen and oxygen atoms in total. The van der Waals surface area contributed by atoms with Crippen molar-refractivity contribution in [2.75, 3.05) is 38.6 Å². The van der Waals surface area contributed by atoms with E-state index in [4.69, 9.17) is 11.6 Å². The van der Waals surface area contributed by atoms with E-state index in [2.05, 4.69) is 10.2 Å². The van der Waals surface area contributed by atoms with Crippen molar-refractivity contribution in [1.82, 2.24) is 10.2 Å². The quantitative estimate of drug-likeness (QED) is 0.898. The van der Waals surface area contributed by atoms with Crippen molar-refractivity contribution in [3.8, 4) is 0 Å². The van der Waals surface area contributed by atoms with Crippen LogP contribution in [0, 0.1) is 0 Å². The number of nitrogens with zero attached hydrogens (tertiary/aromatic N) is 2.